The molecule has 2 N–H and O–H groups in total. The van der Waals surface area contributed by atoms with Crippen LogP contribution in [0, 0.1) is 0 Å². The van der Waals surface area contributed by atoms with E-state index in [-0.39, 0.29) is 12.1 Å². The minimum Gasteiger partial charge on any atom is -0.326 e. The maximum atomic E-state index is 6.21. The lowest BCUT2D eigenvalue weighted by molar-refractivity contribution is 0.471. The molecule has 102 valence electrons. The smallest absolute Gasteiger partial charge is 0.111 e. The largest absolute Gasteiger partial charge is 0.326 e. The number of hydrogen-bond donors (Lipinski definition) is 1. The minimum absolute atomic E-state index is 0.0212. The Balaban J connectivity index is 2.46. The highest BCUT2D eigenvalue weighted by atomic mass is 79.9. The summed E-state index contributed by atoms with van der Waals surface area (Å²) in [7, 11) is 0. The van der Waals surface area contributed by atoms with Crippen molar-refractivity contribution >= 4 is 15.9 Å². The van der Waals surface area contributed by atoms with Gasteiger partial charge in [-0.25, -0.2) is 4.98 Å². The minimum atomic E-state index is 0.0212. The molecule has 0 spiro atoms. The number of nitrogens with two attached hydrogens (primary N) is 1. The Morgan fingerprint density at radius 1 is 1.16 bits per heavy atom. The fourth-order valence-electron chi connectivity index (χ4n) is 2.38. The first-order valence-corrected chi connectivity index (χ1v) is 7.33. The topological polar surface area (TPSA) is 43.8 Å². The maximum absolute atomic E-state index is 6.21. The van der Waals surface area contributed by atoms with Crippen LogP contribution >= 0.6 is 15.9 Å². The molecule has 2 unspecified atom stereocenters. The zero-order valence-corrected chi connectivity index (χ0v) is 13.1. The Morgan fingerprint density at radius 3 is 2.32 bits per heavy atom. The SMILES string of the molecule is CC(C)c1nccn1C(c1ccc(Br)cc1)C(C)N. The summed E-state index contributed by atoms with van der Waals surface area (Å²) in [6, 6.07) is 8.47. The van der Waals surface area contributed by atoms with Gasteiger partial charge in [0.2, 0.25) is 0 Å². The summed E-state index contributed by atoms with van der Waals surface area (Å²) >= 11 is 3.47. The lowest BCUT2D eigenvalue weighted by Crippen LogP contribution is -2.31. The fraction of sp³-hybridized carbons (Fsp3) is 0.400. The van der Waals surface area contributed by atoms with Gasteiger partial charge in [0.1, 0.15) is 5.82 Å². The van der Waals surface area contributed by atoms with E-state index >= 15 is 0 Å². The van der Waals surface area contributed by atoms with Crippen LogP contribution in [0.25, 0.3) is 0 Å². The molecule has 1 aromatic heterocycles. The highest BCUT2D eigenvalue weighted by molar-refractivity contribution is 9.10. The lowest BCUT2D eigenvalue weighted by atomic mass is 10.00. The van der Waals surface area contributed by atoms with Gasteiger partial charge in [0, 0.05) is 28.8 Å². The predicted molar refractivity (Wildman–Crippen MR) is 82.2 cm³/mol. The van der Waals surface area contributed by atoms with Crippen LogP contribution in [0.15, 0.2) is 41.1 Å². The third kappa shape index (κ3) is 3.07. The summed E-state index contributed by atoms with van der Waals surface area (Å²) in [4.78, 5) is 4.46. The number of aromatic nitrogens is 2. The van der Waals surface area contributed by atoms with Gasteiger partial charge in [0.25, 0.3) is 0 Å². The molecule has 0 bridgehead atoms. The first-order chi connectivity index (χ1) is 9.00. The second-order valence-corrected chi connectivity index (χ2v) is 6.12. The van der Waals surface area contributed by atoms with Crippen molar-refractivity contribution in [2.75, 3.05) is 0 Å². The summed E-state index contributed by atoms with van der Waals surface area (Å²) < 4.78 is 3.27. The van der Waals surface area contributed by atoms with Crippen LogP contribution in [0.1, 0.15) is 44.1 Å². The summed E-state index contributed by atoms with van der Waals surface area (Å²) in [5.74, 6) is 1.46. The molecular weight excluding hydrogens is 302 g/mol. The van der Waals surface area contributed by atoms with Gasteiger partial charge in [-0.15, -0.1) is 0 Å². The zero-order chi connectivity index (χ0) is 14.0. The molecule has 1 heterocycles. The molecule has 3 nitrogen and oxygen atoms in total. The van der Waals surface area contributed by atoms with Crippen LogP contribution in [0.4, 0.5) is 0 Å². The van der Waals surface area contributed by atoms with Crippen LogP contribution in [0.5, 0.6) is 0 Å². The molecule has 0 fully saturated rings. The monoisotopic (exact) mass is 321 g/mol. The Bertz CT molecular complexity index is 529. The van der Waals surface area contributed by atoms with Crippen molar-refractivity contribution in [3.63, 3.8) is 0 Å². The maximum Gasteiger partial charge on any atom is 0.111 e. The molecule has 0 amide bonds. The normalized spacial score (nSPS) is 14.6. The molecule has 0 aliphatic rings. The number of halogens is 1. The second-order valence-electron chi connectivity index (χ2n) is 5.20. The third-order valence-electron chi connectivity index (χ3n) is 3.22. The van der Waals surface area contributed by atoms with Crippen molar-refractivity contribution in [3.8, 4) is 0 Å². The molecule has 2 rings (SSSR count). The number of nitrogens with zero attached hydrogens (tertiary/aromatic N) is 2. The zero-order valence-electron chi connectivity index (χ0n) is 11.5. The van der Waals surface area contributed by atoms with Gasteiger partial charge >= 0.3 is 0 Å². The lowest BCUT2D eigenvalue weighted by Gasteiger charge is -2.26. The van der Waals surface area contributed by atoms with E-state index in [1.807, 2.05) is 19.3 Å². The van der Waals surface area contributed by atoms with Gasteiger partial charge in [-0.2, -0.15) is 0 Å². The Hall–Kier alpha value is -1.13. The number of benzene rings is 1. The van der Waals surface area contributed by atoms with Crippen LogP contribution < -0.4 is 5.73 Å². The second kappa shape index (κ2) is 5.88. The Kier molecular flexibility index (Phi) is 4.42. The van der Waals surface area contributed by atoms with Crippen molar-refractivity contribution in [2.45, 2.75) is 38.8 Å². The Labute approximate surface area is 123 Å². The van der Waals surface area contributed by atoms with Crippen molar-refractivity contribution in [1.82, 2.24) is 9.55 Å². The quantitative estimate of drug-likeness (QED) is 0.932. The van der Waals surface area contributed by atoms with E-state index in [9.17, 15) is 0 Å². The summed E-state index contributed by atoms with van der Waals surface area (Å²) in [5, 5.41) is 0. The predicted octanol–water partition coefficient (Wildman–Crippen LogP) is 3.71. The summed E-state index contributed by atoms with van der Waals surface area (Å²) in [6.45, 7) is 6.34. The van der Waals surface area contributed by atoms with Crippen molar-refractivity contribution in [2.24, 2.45) is 5.73 Å². The van der Waals surface area contributed by atoms with Crippen LogP contribution in [0.3, 0.4) is 0 Å². The van der Waals surface area contributed by atoms with Gasteiger partial charge in [0.05, 0.1) is 6.04 Å². The molecule has 0 aliphatic heterocycles. The average molecular weight is 322 g/mol. The van der Waals surface area contributed by atoms with Crippen molar-refractivity contribution in [3.05, 3.63) is 52.5 Å². The van der Waals surface area contributed by atoms with Gasteiger partial charge in [-0.3, -0.25) is 0 Å². The van der Waals surface area contributed by atoms with E-state index in [0.717, 1.165) is 10.3 Å². The fourth-order valence-corrected chi connectivity index (χ4v) is 2.65. The third-order valence-corrected chi connectivity index (χ3v) is 3.75. The van der Waals surface area contributed by atoms with Gasteiger partial charge in [0.15, 0.2) is 0 Å². The average Bonchev–Trinajstić information content (AvgIpc) is 2.80. The van der Waals surface area contributed by atoms with Gasteiger partial charge in [-0.1, -0.05) is 41.9 Å². The molecule has 2 aromatic rings. The molecular formula is C15H20BrN3. The van der Waals surface area contributed by atoms with E-state index in [4.69, 9.17) is 5.73 Å². The highest BCUT2D eigenvalue weighted by Gasteiger charge is 2.21. The van der Waals surface area contributed by atoms with E-state index in [2.05, 4.69) is 63.6 Å². The number of imidazole rings is 1. The molecule has 19 heavy (non-hydrogen) atoms. The highest BCUT2D eigenvalue weighted by Crippen LogP contribution is 2.26. The molecule has 0 saturated heterocycles. The van der Waals surface area contributed by atoms with E-state index < -0.39 is 0 Å². The summed E-state index contributed by atoms with van der Waals surface area (Å²) in [5.41, 5.74) is 7.41. The van der Waals surface area contributed by atoms with Crippen molar-refractivity contribution in [1.29, 1.82) is 0 Å². The molecule has 1 aromatic carbocycles. The number of hydrogen-bond acceptors (Lipinski definition) is 2. The Morgan fingerprint density at radius 2 is 1.79 bits per heavy atom. The van der Waals surface area contributed by atoms with E-state index in [1.165, 1.54) is 5.56 Å². The van der Waals surface area contributed by atoms with Crippen molar-refractivity contribution < 1.29 is 0 Å². The molecule has 0 aliphatic carbocycles. The number of rotatable bonds is 4. The summed E-state index contributed by atoms with van der Waals surface area (Å²) in [6.07, 6.45) is 3.87. The van der Waals surface area contributed by atoms with E-state index in [0.29, 0.717) is 5.92 Å². The molecule has 0 radical (unpaired) electrons. The van der Waals surface area contributed by atoms with Gasteiger partial charge < -0.3 is 10.3 Å². The van der Waals surface area contributed by atoms with Gasteiger partial charge in [-0.05, 0) is 24.6 Å². The molecule has 0 saturated carbocycles. The first-order valence-electron chi connectivity index (χ1n) is 6.54. The first kappa shape index (κ1) is 14.3. The molecule has 4 heteroatoms. The van der Waals surface area contributed by atoms with Crippen LogP contribution in [-0.2, 0) is 0 Å². The molecule has 2 atom stereocenters. The standard InChI is InChI=1S/C15H20BrN3/c1-10(2)15-18-8-9-19(15)14(11(3)17)12-4-6-13(16)7-5-12/h4-11,14H,17H2,1-3H3. The van der Waals surface area contributed by atoms with E-state index in [1.54, 1.807) is 0 Å². The van der Waals surface area contributed by atoms with Crippen LogP contribution in [0.2, 0.25) is 0 Å². The van der Waals surface area contributed by atoms with Crippen LogP contribution in [-0.4, -0.2) is 15.6 Å².